The van der Waals surface area contributed by atoms with Gasteiger partial charge in [-0.3, -0.25) is 14.7 Å². The molecule has 6 nitrogen and oxygen atoms in total. The molecule has 6 heteroatoms. The van der Waals surface area contributed by atoms with Crippen molar-refractivity contribution < 1.29 is 11.0 Å². The number of carbonyl (C=O) groups is 1. The molecule has 1 aromatic heterocycles. The Hall–Kier alpha value is -1.69. The summed E-state index contributed by atoms with van der Waals surface area (Å²) in [5.41, 5.74) is 1.07. The van der Waals surface area contributed by atoms with Gasteiger partial charge < -0.3 is 9.64 Å². The highest BCUT2D eigenvalue weighted by Gasteiger charge is 2.40. The van der Waals surface area contributed by atoms with Gasteiger partial charge in [-0.1, -0.05) is 0 Å². The third-order valence-electron chi connectivity index (χ3n) is 4.90. The Bertz CT molecular complexity index is 564. The zero-order valence-electron chi connectivity index (χ0n) is 12.9. The number of hydrogen-bond donors (Lipinski definition) is 0. The van der Waals surface area contributed by atoms with Crippen molar-refractivity contribution in [2.75, 3.05) is 26.7 Å². The number of rotatable bonds is 3. The molecule has 1 aromatic rings. The Kier molecular flexibility index (Phi) is 3.48. The van der Waals surface area contributed by atoms with Crippen molar-refractivity contribution in [3.63, 3.8) is 0 Å². The third kappa shape index (κ3) is 2.67. The van der Waals surface area contributed by atoms with Gasteiger partial charge in [-0.25, -0.2) is 4.98 Å². The van der Waals surface area contributed by atoms with E-state index in [1.54, 1.807) is 6.20 Å². The van der Waals surface area contributed by atoms with E-state index >= 15 is 0 Å². The summed E-state index contributed by atoms with van der Waals surface area (Å²) in [5, 5.41) is 0. The molecule has 22 heavy (non-hydrogen) atoms. The molecule has 1 aliphatic carbocycles. The van der Waals surface area contributed by atoms with E-state index in [1.807, 2.05) is 18.1 Å². The molecule has 3 heterocycles. The molecule has 3 aliphatic rings. The molecule has 2 unspecified atom stereocenters. The molecule has 120 valence electrons. The molecule has 1 saturated carbocycles. The average molecular weight is 304 g/mol. The lowest BCUT2D eigenvalue weighted by molar-refractivity contribution is -0.133. The fourth-order valence-corrected chi connectivity index (χ4v) is 3.47. The van der Waals surface area contributed by atoms with Gasteiger partial charge in [0.05, 0.1) is 24.1 Å². The van der Waals surface area contributed by atoms with E-state index in [9.17, 15) is 4.79 Å². The van der Waals surface area contributed by atoms with Crippen LogP contribution in [0, 0.1) is 0 Å². The first-order valence-corrected chi connectivity index (χ1v) is 8.18. The van der Waals surface area contributed by atoms with Crippen LogP contribution in [-0.2, 0) is 4.79 Å². The molecule has 0 aromatic carbocycles. The predicted octanol–water partition coefficient (Wildman–Crippen LogP) is 1.28. The zero-order chi connectivity index (χ0) is 15.1. The van der Waals surface area contributed by atoms with Crippen LogP contribution in [0.5, 0.6) is 5.88 Å². The minimum Gasteiger partial charge on any atom is -0.472 e. The molecular weight excluding hydrogens is 280 g/mol. The number of carbonyl (C=O) groups excluding carboxylic acids is 1. The van der Waals surface area contributed by atoms with Crippen molar-refractivity contribution in [2.24, 2.45) is 0 Å². The van der Waals surface area contributed by atoms with Crippen LogP contribution in [0.4, 0.5) is 0 Å². The maximum Gasteiger partial charge on any atom is 0.239 e. The fraction of sp³-hybridized carbons (Fsp3) is 0.688. The standard InChI is InChI=1S/C16H22N4O2.H2/c1-19-5-2-6-20-10-12(7-14(20)16(19)21)22-15-9-17-13(8-18-15)11-3-4-11;/h8-9,11-12,14H,2-7,10H2,1H3;1H. The van der Waals surface area contributed by atoms with E-state index in [2.05, 4.69) is 14.9 Å². The highest BCUT2D eigenvalue weighted by atomic mass is 16.5. The molecular formula is C16H24N4O2. The number of fused-ring (bicyclic) bond motifs is 1. The fourth-order valence-electron chi connectivity index (χ4n) is 3.47. The molecule has 1 amide bonds. The van der Waals surface area contributed by atoms with Crippen LogP contribution in [0.1, 0.15) is 38.7 Å². The second kappa shape index (κ2) is 5.50. The van der Waals surface area contributed by atoms with Gasteiger partial charge in [-0.15, -0.1) is 0 Å². The average Bonchev–Trinajstić information content (AvgIpc) is 3.30. The summed E-state index contributed by atoms with van der Waals surface area (Å²) >= 11 is 0. The van der Waals surface area contributed by atoms with Crippen LogP contribution >= 0.6 is 0 Å². The molecule has 0 N–H and O–H groups in total. The highest BCUT2D eigenvalue weighted by Crippen LogP contribution is 2.38. The van der Waals surface area contributed by atoms with Crippen LogP contribution < -0.4 is 4.74 Å². The van der Waals surface area contributed by atoms with Crippen LogP contribution in [-0.4, -0.2) is 64.5 Å². The Morgan fingerprint density at radius 3 is 2.86 bits per heavy atom. The Balaban J connectivity index is 0.00000156. The third-order valence-corrected chi connectivity index (χ3v) is 4.90. The molecule has 0 bridgehead atoms. The molecule has 0 radical (unpaired) electrons. The minimum absolute atomic E-state index is 0. The van der Waals surface area contributed by atoms with Crippen LogP contribution in [0.25, 0.3) is 0 Å². The maximum absolute atomic E-state index is 12.4. The van der Waals surface area contributed by atoms with Gasteiger partial charge in [0.2, 0.25) is 11.8 Å². The van der Waals surface area contributed by atoms with Crippen LogP contribution in [0.3, 0.4) is 0 Å². The Morgan fingerprint density at radius 2 is 2.14 bits per heavy atom. The number of hydrogen-bond acceptors (Lipinski definition) is 5. The number of likely N-dealkylation sites (N-methyl/N-ethyl adjacent to an activating group) is 1. The normalized spacial score (nSPS) is 29.3. The van der Waals surface area contributed by atoms with Crippen LogP contribution in [0.2, 0.25) is 0 Å². The van der Waals surface area contributed by atoms with E-state index in [4.69, 9.17) is 4.74 Å². The number of amides is 1. The molecule has 0 spiro atoms. The van der Waals surface area contributed by atoms with Crippen molar-refractivity contribution in [2.45, 2.75) is 43.7 Å². The predicted molar refractivity (Wildman–Crippen MR) is 82.8 cm³/mol. The zero-order valence-corrected chi connectivity index (χ0v) is 12.9. The van der Waals surface area contributed by atoms with E-state index in [0.717, 1.165) is 38.2 Å². The van der Waals surface area contributed by atoms with Crippen molar-refractivity contribution >= 4 is 5.91 Å². The smallest absolute Gasteiger partial charge is 0.239 e. The van der Waals surface area contributed by atoms with Crippen molar-refractivity contribution in [3.05, 3.63) is 18.1 Å². The first-order chi connectivity index (χ1) is 10.7. The Labute approximate surface area is 132 Å². The quantitative estimate of drug-likeness (QED) is 0.842. The number of aromatic nitrogens is 2. The largest absolute Gasteiger partial charge is 0.472 e. The lowest BCUT2D eigenvalue weighted by atomic mass is 10.2. The second-order valence-corrected chi connectivity index (χ2v) is 6.65. The topological polar surface area (TPSA) is 58.6 Å². The molecule has 4 rings (SSSR count). The van der Waals surface area contributed by atoms with E-state index in [0.29, 0.717) is 11.8 Å². The van der Waals surface area contributed by atoms with Crippen LogP contribution in [0.15, 0.2) is 12.4 Å². The molecule has 2 saturated heterocycles. The van der Waals surface area contributed by atoms with Gasteiger partial charge in [0.1, 0.15) is 6.10 Å². The van der Waals surface area contributed by atoms with Gasteiger partial charge in [0.15, 0.2) is 0 Å². The Morgan fingerprint density at radius 1 is 1.27 bits per heavy atom. The monoisotopic (exact) mass is 304 g/mol. The van der Waals surface area contributed by atoms with E-state index in [1.165, 1.54) is 12.8 Å². The lowest BCUT2D eigenvalue weighted by Gasteiger charge is -2.21. The maximum atomic E-state index is 12.4. The van der Waals surface area contributed by atoms with Crippen molar-refractivity contribution in [1.29, 1.82) is 0 Å². The lowest BCUT2D eigenvalue weighted by Crippen LogP contribution is -2.40. The summed E-state index contributed by atoms with van der Waals surface area (Å²) in [6, 6.07) is -0.0313. The molecule has 2 atom stereocenters. The molecule has 3 fully saturated rings. The summed E-state index contributed by atoms with van der Waals surface area (Å²) in [7, 11) is 1.89. The van der Waals surface area contributed by atoms with Gasteiger partial charge in [0, 0.05) is 40.4 Å². The SMILES string of the molecule is CN1CCCN2CC(Oc3cnc(C4CC4)cn3)CC2C1=O.[HH]. The van der Waals surface area contributed by atoms with Crippen molar-refractivity contribution in [1.82, 2.24) is 19.8 Å². The van der Waals surface area contributed by atoms with Gasteiger partial charge in [-0.2, -0.15) is 0 Å². The summed E-state index contributed by atoms with van der Waals surface area (Å²) in [4.78, 5) is 25.3. The van der Waals surface area contributed by atoms with Gasteiger partial charge >= 0.3 is 0 Å². The van der Waals surface area contributed by atoms with Gasteiger partial charge in [0.25, 0.3) is 0 Å². The highest BCUT2D eigenvalue weighted by molar-refractivity contribution is 5.82. The second-order valence-electron chi connectivity index (χ2n) is 6.65. The number of nitrogens with zero attached hydrogens (tertiary/aromatic N) is 4. The first kappa shape index (κ1) is 13.9. The summed E-state index contributed by atoms with van der Waals surface area (Å²) < 4.78 is 5.96. The van der Waals surface area contributed by atoms with E-state index < -0.39 is 0 Å². The molecule has 2 aliphatic heterocycles. The summed E-state index contributed by atoms with van der Waals surface area (Å²) in [6.45, 7) is 2.62. The summed E-state index contributed by atoms with van der Waals surface area (Å²) in [6.07, 6.45) is 7.82. The summed E-state index contributed by atoms with van der Waals surface area (Å²) in [5.74, 6) is 1.41. The van der Waals surface area contributed by atoms with Crippen molar-refractivity contribution in [3.8, 4) is 5.88 Å². The minimum atomic E-state index is -0.0313. The van der Waals surface area contributed by atoms with E-state index in [-0.39, 0.29) is 19.5 Å². The van der Waals surface area contributed by atoms with Gasteiger partial charge in [-0.05, 0) is 19.3 Å². The first-order valence-electron chi connectivity index (χ1n) is 8.18. The number of ether oxygens (including phenoxy) is 1.